The largest absolute Gasteiger partial charge is 0.337 e. The zero-order chi connectivity index (χ0) is 15.5. The maximum Gasteiger partial charge on any atom is 0.236 e. The van der Waals surface area contributed by atoms with Crippen LogP contribution in [-0.2, 0) is 17.8 Å². The van der Waals surface area contributed by atoms with Gasteiger partial charge in [-0.25, -0.2) is 4.39 Å². The molecule has 3 rings (SSSR count). The predicted octanol–water partition coefficient (Wildman–Crippen LogP) is 3.12. The van der Waals surface area contributed by atoms with Crippen molar-refractivity contribution in [3.63, 3.8) is 0 Å². The summed E-state index contributed by atoms with van der Waals surface area (Å²) in [4.78, 5) is 15.6. The molecule has 3 nitrogen and oxygen atoms in total. The summed E-state index contributed by atoms with van der Waals surface area (Å²) in [5.41, 5.74) is 1.85. The van der Waals surface area contributed by atoms with Crippen LogP contribution in [0.2, 0.25) is 0 Å². The lowest BCUT2D eigenvalue weighted by molar-refractivity contribution is -0.131. The van der Waals surface area contributed by atoms with Gasteiger partial charge in [0.1, 0.15) is 5.82 Å². The molecule has 1 aromatic carbocycles. The van der Waals surface area contributed by atoms with Gasteiger partial charge in [0.15, 0.2) is 0 Å². The zero-order valence-corrected chi connectivity index (χ0v) is 13.3. The average molecular weight is 318 g/mol. The number of thiophene rings is 1. The molecule has 5 heteroatoms. The number of carbonyl (C=O) groups excluding carboxylic acids is 1. The summed E-state index contributed by atoms with van der Waals surface area (Å²) in [6, 6.07) is 8.57. The zero-order valence-electron chi connectivity index (χ0n) is 12.5. The Morgan fingerprint density at radius 3 is 3.05 bits per heavy atom. The molecule has 0 saturated carbocycles. The first-order chi connectivity index (χ1) is 10.6. The Morgan fingerprint density at radius 1 is 1.41 bits per heavy atom. The molecule has 1 amide bonds. The number of nitrogens with one attached hydrogen (secondary N) is 1. The highest BCUT2D eigenvalue weighted by atomic mass is 32.1. The van der Waals surface area contributed by atoms with Gasteiger partial charge < -0.3 is 10.2 Å². The quantitative estimate of drug-likeness (QED) is 0.939. The molecule has 2 aromatic rings. The smallest absolute Gasteiger partial charge is 0.236 e. The van der Waals surface area contributed by atoms with Gasteiger partial charge in [0.05, 0.1) is 6.54 Å². The number of carbonyl (C=O) groups is 1. The van der Waals surface area contributed by atoms with Gasteiger partial charge in [-0.15, -0.1) is 11.3 Å². The fraction of sp³-hybridized carbons (Fsp3) is 0.353. The van der Waals surface area contributed by atoms with E-state index in [0.717, 1.165) is 13.0 Å². The van der Waals surface area contributed by atoms with Crippen LogP contribution in [0.25, 0.3) is 0 Å². The molecule has 1 aromatic heterocycles. The molecule has 0 unspecified atom stereocenters. The number of amides is 1. The third-order valence-corrected chi connectivity index (χ3v) is 5.11. The van der Waals surface area contributed by atoms with Gasteiger partial charge in [0.25, 0.3) is 0 Å². The Labute approximate surface area is 133 Å². The lowest BCUT2D eigenvalue weighted by Gasteiger charge is -2.27. The highest BCUT2D eigenvalue weighted by Gasteiger charge is 2.21. The Bertz CT molecular complexity index is 670. The molecular weight excluding hydrogens is 299 g/mol. The molecule has 1 N–H and O–H groups in total. The Balaban J connectivity index is 1.56. The molecule has 0 bridgehead atoms. The first kappa shape index (κ1) is 15.2. The molecule has 0 spiro atoms. The van der Waals surface area contributed by atoms with E-state index in [-0.39, 0.29) is 24.3 Å². The second-order valence-electron chi connectivity index (χ2n) is 5.56. The van der Waals surface area contributed by atoms with E-state index >= 15 is 0 Å². The minimum absolute atomic E-state index is 0.0695. The van der Waals surface area contributed by atoms with Crippen LogP contribution in [0.15, 0.2) is 35.7 Å². The number of hydrogen-bond acceptors (Lipinski definition) is 3. The number of nitrogens with zero attached hydrogens (tertiary/aromatic N) is 1. The van der Waals surface area contributed by atoms with Crippen molar-refractivity contribution in [2.45, 2.75) is 25.9 Å². The second kappa shape index (κ2) is 6.58. The summed E-state index contributed by atoms with van der Waals surface area (Å²) < 4.78 is 13.7. The van der Waals surface area contributed by atoms with Crippen LogP contribution in [0.5, 0.6) is 0 Å². The highest BCUT2D eigenvalue weighted by Crippen LogP contribution is 2.24. The molecule has 0 fully saturated rings. The van der Waals surface area contributed by atoms with Crippen LogP contribution in [-0.4, -0.2) is 23.9 Å². The van der Waals surface area contributed by atoms with Crippen LogP contribution < -0.4 is 5.32 Å². The Hall–Kier alpha value is -1.72. The van der Waals surface area contributed by atoms with E-state index in [1.807, 2.05) is 11.8 Å². The number of benzene rings is 1. The summed E-state index contributed by atoms with van der Waals surface area (Å²) in [5, 5.41) is 5.21. The van der Waals surface area contributed by atoms with E-state index in [0.29, 0.717) is 12.1 Å². The third kappa shape index (κ3) is 3.20. The number of rotatable bonds is 4. The van der Waals surface area contributed by atoms with Crippen molar-refractivity contribution in [1.82, 2.24) is 10.2 Å². The van der Waals surface area contributed by atoms with E-state index in [1.54, 1.807) is 29.5 Å². The number of hydrogen-bond donors (Lipinski definition) is 1. The lowest BCUT2D eigenvalue weighted by atomic mass is 10.1. The van der Waals surface area contributed by atoms with Crippen molar-refractivity contribution >= 4 is 17.2 Å². The lowest BCUT2D eigenvalue weighted by Crippen LogP contribution is -2.41. The predicted molar refractivity (Wildman–Crippen MR) is 86.3 cm³/mol. The summed E-state index contributed by atoms with van der Waals surface area (Å²) in [6.45, 7) is 3.56. The van der Waals surface area contributed by atoms with Crippen LogP contribution in [0.1, 0.15) is 29.0 Å². The molecule has 1 atom stereocenters. The van der Waals surface area contributed by atoms with Crippen molar-refractivity contribution in [2.24, 2.45) is 0 Å². The standard InChI is InChI=1S/C17H19FN2OS/c1-12(14-4-2-3-5-15(14)18)19-10-17(21)20-8-6-16-13(11-20)7-9-22-16/h2-5,7,9,12,19H,6,8,10-11H2,1H3/t12-/m1/s1. The Morgan fingerprint density at radius 2 is 2.23 bits per heavy atom. The first-order valence-electron chi connectivity index (χ1n) is 7.46. The van der Waals surface area contributed by atoms with E-state index in [4.69, 9.17) is 0 Å². The second-order valence-corrected chi connectivity index (χ2v) is 6.56. The van der Waals surface area contributed by atoms with Gasteiger partial charge in [-0.3, -0.25) is 4.79 Å². The van der Waals surface area contributed by atoms with E-state index in [9.17, 15) is 9.18 Å². The van der Waals surface area contributed by atoms with Gasteiger partial charge in [-0.1, -0.05) is 18.2 Å². The van der Waals surface area contributed by atoms with Gasteiger partial charge in [0, 0.05) is 29.6 Å². The van der Waals surface area contributed by atoms with Gasteiger partial charge in [-0.05, 0) is 36.4 Å². The van der Waals surface area contributed by atoms with Crippen molar-refractivity contribution in [3.8, 4) is 0 Å². The minimum atomic E-state index is -0.240. The van der Waals surface area contributed by atoms with Gasteiger partial charge in [0.2, 0.25) is 5.91 Å². The fourth-order valence-electron chi connectivity index (χ4n) is 2.75. The van der Waals surface area contributed by atoms with Crippen LogP contribution >= 0.6 is 11.3 Å². The molecule has 0 saturated heterocycles. The molecule has 22 heavy (non-hydrogen) atoms. The maximum absolute atomic E-state index is 13.7. The van der Waals surface area contributed by atoms with Gasteiger partial charge >= 0.3 is 0 Å². The van der Waals surface area contributed by atoms with Crippen LogP contribution in [0.4, 0.5) is 4.39 Å². The summed E-state index contributed by atoms with van der Waals surface area (Å²) in [6.07, 6.45) is 0.932. The number of halogens is 1. The summed E-state index contributed by atoms with van der Waals surface area (Å²) >= 11 is 1.76. The monoisotopic (exact) mass is 318 g/mol. The average Bonchev–Trinajstić information content (AvgIpc) is 3.00. The minimum Gasteiger partial charge on any atom is -0.337 e. The van der Waals surface area contributed by atoms with Crippen molar-refractivity contribution in [1.29, 1.82) is 0 Å². The molecule has 116 valence electrons. The maximum atomic E-state index is 13.7. The number of fused-ring (bicyclic) bond motifs is 1. The van der Waals surface area contributed by atoms with E-state index in [2.05, 4.69) is 16.8 Å². The van der Waals surface area contributed by atoms with E-state index in [1.165, 1.54) is 16.5 Å². The fourth-order valence-corrected chi connectivity index (χ4v) is 3.64. The van der Waals surface area contributed by atoms with Gasteiger partial charge in [-0.2, -0.15) is 0 Å². The molecule has 1 aliphatic rings. The summed E-state index contributed by atoms with van der Waals surface area (Å²) in [7, 11) is 0. The van der Waals surface area contributed by atoms with Crippen LogP contribution in [0, 0.1) is 5.82 Å². The molecular formula is C17H19FN2OS. The van der Waals surface area contributed by atoms with Crippen LogP contribution in [0.3, 0.4) is 0 Å². The Kier molecular flexibility index (Phi) is 4.55. The molecule has 1 aliphatic heterocycles. The third-order valence-electron chi connectivity index (χ3n) is 4.09. The SMILES string of the molecule is C[C@@H](NCC(=O)N1CCc2sccc2C1)c1ccccc1F. The van der Waals surface area contributed by atoms with Crippen molar-refractivity contribution in [3.05, 3.63) is 57.5 Å². The topological polar surface area (TPSA) is 32.3 Å². The molecule has 0 aliphatic carbocycles. The van der Waals surface area contributed by atoms with Crippen molar-refractivity contribution in [2.75, 3.05) is 13.1 Å². The highest BCUT2D eigenvalue weighted by molar-refractivity contribution is 7.10. The van der Waals surface area contributed by atoms with Crippen molar-refractivity contribution < 1.29 is 9.18 Å². The molecule has 2 heterocycles. The normalized spacial score (nSPS) is 15.5. The summed E-state index contributed by atoms with van der Waals surface area (Å²) in [5.74, 6) is -0.170. The first-order valence-corrected chi connectivity index (χ1v) is 8.34. The molecule has 0 radical (unpaired) electrons. The van der Waals surface area contributed by atoms with E-state index < -0.39 is 0 Å².